The van der Waals surface area contributed by atoms with Gasteiger partial charge in [0.1, 0.15) is 6.17 Å². The number of amides is 2. The molecule has 1 aliphatic heterocycles. The lowest BCUT2D eigenvalue weighted by Crippen LogP contribution is -2.37. The molecule has 2 amide bonds. The predicted octanol–water partition coefficient (Wildman–Crippen LogP) is 6.18. The van der Waals surface area contributed by atoms with Crippen LogP contribution in [0.15, 0.2) is 109 Å². The minimum atomic E-state index is -0.256. The number of hydrogen-bond acceptors (Lipinski definition) is 3. The molecule has 4 aromatic rings. The second-order valence-corrected chi connectivity index (χ2v) is 9.25. The summed E-state index contributed by atoms with van der Waals surface area (Å²) >= 11 is 0. The summed E-state index contributed by atoms with van der Waals surface area (Å²) in [6.45, 7) is 4.03. The quantitative estimate of drug-likeness (QED) is 0.335. The smallest absolute Gasteiger partial charge is 0.256 e. The van der Waals surface area contributed by atoms with Gasteiger partial charge in [-0.3, -0.25) is 9.59 Å². The molecule has 0 aliphatic carbocycles. The minimum absolute atomic E-state index is 0.0296. The third-order valence-electron chi connectivity index (χ3n) is 6.55. The van der Waals surface area contributed by atoms with E-state index in [1.807, 2.05) is 128 Å². The van der Waals surface area contributed by atoms with E-state index in [1.54, 1.807) is 0 Å². The predicted molar refractivity (Wildman–Crippen MR) is 143 cm³/mol. The number of nitrogens with zero attached hydrogens (tertiary/aromatic N) is 1. The van der Waals surface area contributed by atoms with Gasteiger partial charge in [0.2, 0.25) is 0 Å². The van der Waals surface area contributed by atoms with Gasteiger partial charge in [-0.1, -0.05) is 78.9 Å². The minimum Gasteiger partial charge on any atom is -0.361 e. The highest BCUT2D eigenvalue weighted by Crippen LogP contribution is 2.35. The average molecular weight is 476 g/mol. The maximum absolute atomic E-state index is 13.2. The van der Waals surface area contributed by atoms with Crippen molar-refractivity contribution in [3.05, 3.63) is 137 Å². The third-order valence-corrected chi connectivity index (χ3v) is 6.55. The van der Waals surface area contributed by atoms with Gasteiger partial charge in [0.25, 0.3) is 11.8 Å². The summed E-state index contributed by atoms with van der Waals surface area (Å²) in [6.07, 6.45) is -0.256. The Kier molecular flexibility index (Phi) is 6.54. The zero-order chi connectivity index (χ0) is 25.1. The van der Waals surface area contributed by atoms with Crippen molar-refractivity contribution in [1.29, 1.82) is 0 Å². The molecule has 1 heterocycles. The van der Waals surface area contributed by atoms with Crippen LogP contribution in [0.2, 0.25) is 0 Å². The van der Waals surface area contributed by atoms with Crippen LogP contribution in [-0.2, 0) is 0 Å². The number of carbonyl (C=O) groups is 2. The summed E-state index contributed by atoms with van der Waals surface area (Å²) in [5.41, 5.74) is 5.15. The van der Waals surface area contributed by atoms with Gasteiger partial charge >= 0.3 is 0 Å². The monoisotopic (exact) mass is 475 g/mol. The molecular formula is C31H29N3O2. The van der Waals surface area contributed by atoms with E-state index in [2.05, 4.69) is 10.6 Å². The van der Waals surface area contributed by atoms with E-state index in [9.17, 15) is 9.59 Å². The standard InChI is InChI=1S/C31H29N3O2/c1-21(2)34-29(26-15-9-10-16-27(26)31(34)36)32-25-19-17-24(18-20-25)30(35)33-28(22-11-5-3-6-12-22)23-13-7-4-8-14-23/h3-21,28-29,32H,1-2H3,(H,33,35). The molecule has 2 N–H and O–H groups in total. The fraction of sp³-hybridized carbons (Fsp3) is 0.161. The maximum atomic E-state index is 13.2. The van der Waals surface area contributed by atoms with Gasteiger partial charge in [-0.05, 0) is 55.3 Å². The van der Waals surface area contributed by atoms with Crippen LogP contribution < -0.4 is 10.6 Å². The number of fused-ring (bicyclic) bond motifs is 1. The molecular weight excluding hydrogens is 446 g/mol. The number of benzene rings is 4. The number of carbonyl (C=O) groups excluding carboxylic acids is 2. The first-order valence-corrected chi connectivity index (χ1v) is 12.2. The lowest BCUT2D eigenvalue weighted by molar-refractivity contribution is 0.0685. The molecule has 5 heteroatoms. The van der Waals surface area contributed by atoms with Gasteiger partial charge in [-0.15, -0.1) is 0 Å². The van der Waals surface area contributed by atoms with Crippen LogP contribution in [0.25, 0.3) is 0 Å². The van der Waals surface area contributed by atoms with Gasteiger partial charge < -0.3 is 15.5 Å². The summed E-state index contributed by atoms with van der Waals surface area (Å²) in [4.78, 5) is 28.0. The molecule has 1 atom stereocenters. The second-order valence-electron chi connectivity index (χ2n) is 9.25. The van der Waals surface area contributed by atoms with Gasteiger partial charge in [0.15, 0.2) is 0 Å². The van der Waals surface area contributed by atoms with Gasteiger partial charge in [0.05, 0.1) is 6.04 Å². The van der Waals surface area contributed by atoms with Crippen molar-refractivity contribution in [1.82, 2.24) is 10.2 Å². The molecule has 0 saturated carbocycles. The first kappa shape index (κ1) is 23.4. The summed E-state index contributed by atoms with van der Waals surface area (Å²) in [5.74, 6) is -0.119. The van der Waals surface area contributed by atoms with Gasteiger partial charge in [0, 0.05) is 28.4 Å². The van der Waals surface area contributed by atoms with E-state index in [1.165, 1.54) is 0 Å². The highest BCUT2D eigenvalue weighted by molar-refractivity contribution is 6.00. The summed E-state index contributed by atoms with van der Waals surface area (Å²) in [5, 5.41) is 6.68. The Morgan fingerprint density at radius 1 is 0.750 bits per heavy atom. The van der Waals surface area contributed by atoms with Crippen molar-refractivity contribution in [2.45, 2.75) is 32.1 Å². The number of anilines is 1. The van der Waals surface area contributed by atoms with E-state index in [0.29, 0.717) is 5.56 Å². The van der Waals surface area contributed by atoms with E-state index in [0.717, 1.165) is 27.9 Å². The van der Waals surface area contributed by atoms with Crippen molar-refractivity contribution < 1.29 is 9.59 Å². The van der Waals surface area contributed by atoms with Crippen molar-refractivity contribution in [2.24, 2.45) is 0 Å². The molecule has 180 valence electrons. The summed E-state index contributed by atoms with van der Waals surface area (Å²) < 4.78 is 0. The Morgan fingerprint density at radius 2 is 1.31 bits per heavy atom. The van der Waals surface area contributed by atoms with Crippen molar-refractivity contribution >= 4 is 17.5 Å². The third kappa shape index (κ3) is 4.60. The fourth-order valence-electron chi connectivity index (χ4n) is 4.76. The molecule has 1 unspecified atom stereocenters. The zero-order valence-corrected chi connectivity index (χ0v) is 20.4. The largest absolute Gasteiger partial charge is 0.361 e. The Hall–Kier alpha value is -4.38. The molecule has 0 radical (unpaired) electrons. The molecule has 5 nitrogen and oxygen atoms in total. The number of hydrogen-bond donors (Lipinski definition) is 2. The average Bonchev–Trinajstić information content (AvgIpc) is 3.20. The van der Waals surface area contributed by atoms with Crippen LogP contribution in [0.3, 0.4) is 0 Å². The summed E-state index contributed by atoms with van der Waals surface area (Å²) in [6, 6.07) is 34.8. The zero-order valence-electron chi connectivity index (χ0n) is 20.4. The highest BCUT2D eigenvalue weighted by Gasteiger charge is 2.37. The molecule has 0 bridgehead atoms. The van der Waals surface area contributed by atoms with E-state index >= 15 is 0 Å². The number of nitrogens with one attached hydrogen (secondary N) is 2. The molecule has 0 spiro atoms. The normalized spacial score (nSPS) is 14.7. The van der Waals surface area contributed by atoms with E-state index in [-0.39, 0.29) is 30.1 Å². The summed E-state index contributed by atoms with van der Waals surface area (Å²) in [7, 11) is 0. The van der Waals surface area contributed by atoms with Crippen LogP contribution in [0.4, 0.5) is 5.69 Å². The topological polar surface area (TPSA) is 61.4 Å². The lowest BCUT2D eigenvalue weighted by atomic mass is 9.98. The van der Waals surface area contributed by atoms with Crippen LogP contribution in [0, 0.1) is 0 Å². The van der Waals surface area contributed by atoms with Crippen molar-refractivity contribution in [3.8, 4) is 0 Å². The molecule has 1 aliphatic rings. The Balaban J connectivity index is 1.35. The first-order valence-electron chi connectivity index (χ1n) is 12.2. The molecule has 0 fully saturated rings. The molecule has 0 saturated heterocycles. The highest BCUT2D eigenvalue weighted by atomic mass is 16.2. The Bertz CT molecular complexity index is 1310. The molecule has 0 aromatic heterocycles. The van der Waals surface area contributed by atoms with Gasteiger partial charge in [-0.25, -0.2) is 0 Å². The Labute approximate surface area is 211 Å². The van der Waals surface area contributed by atoms with Crippen molar-refractivity contribution in [2.75, 3.05) is 5.32 Å². The Morgan fingerprint density at radius 3 is 1.89 bits per heavy atom. The van der Waals surface area contributed by atoms with Crippen LogP contribution in [0.5, 0.6) is 0 Å². The first-order chi connectivity index (χ1) is 17.5. The van der Waals surface area contributed by atoms with Crippen LogP contribution in [-0.4, -0.2) is 22.8 Å². The maximum Gasteiger partial charge on any atom is 0.256 e. The van der Waals surface area contributed by atoms with Crippen LogP contribution in [0.1, 0.15) is 63.5 Å². The second kappa shape index (κ2) is 10.1. The van der Waals surface area contributed by atoms with Crippen molar-refractivity contribution in [3.63, 3.8) is 0 Å². The van der Waals surface area contributed by atoms with Gasteiger partial charge in [-0.2, -0.15) is 0 Å². The number of rotatable bonds is 7. The fourth-order valence-corrected chi connectivity index (χ4v) is 4.76. The SMILES string of the molecule is CC(C)N1C(=O)c2ccccc2C1Nc1ccc(C(=O)NC(c2ccccc2)c2ccccc2)cc1. The molecule has 4 aromatic carbocycles. The van der Waals surface area contributed by atoms with E-state index in [4.69, 9.17) is 0 Å². The molecule has 36 heavy (non-hydrogen) atoms. The lowest BCUT2D eigenvalue weighted by Gasteiger charge is -2.30. The molecule has 5 rings (SSSR count). The van der Waals surface area contributed by atoms with E-state index < -0.39 is 0 Å². The van der Waals surface area contributed by atoms with Crippen LogP contribution >= 0.6 is 0 Å².